The van der Waals surface area contributed by atoms with E-state index in [0.29, 0.717) is 17.2 Å². The largest absolute Gasteiger partial charge is 0.456 e. The van der Waals surface area contributed by atoms with E-state index in [9.17, 15) is 27.2 Å². The quantitative estimate of drug-likeness (QED) is 0.358. The standard InChI is InChI=1S/C17H21FN2O4S.C3H3F3S/c1-10(25)19-8-12-9-20(16(22)23-12)11-5-6-13(14(18)7-11)15(21)24-17(2,3)4;1-2(7)3(4,5)6/h5-7,12H,8-9H2,1-4H3,(H,19,25);1H3/t12-;/m0./s1. The van der Waals surface area contributed by atoms with Crippen molar-refractivity contribution >= 4 is 52.0 Å². The van der Waals surface area contributed by atoms with Gasteiger partial charge >= 0.3 is 18.2 Å². The second kappa shape index (κ2) is 11.0. The van der Waals surface area contributed by atoms with Gasteiger partial charge in [-0.25, -0.2) is 14.0 Å². The number of alkyl halides is 3. The molecule has 0 aromatic heterocycles. The Hall–Kier alpha value is -2.34. The van der Waals surface area contributed by atoms with Gasteiger partial charge in [0.25, 0.3) is 0 Å². The number of anilines is 1. The number of thiocarbonyl (C=S) groups is 2. The van der Waals surface area contributed by atoms with E-state index in [1.54, 1.807) is 27.7 Å². The van der Waals surface area contributed by atoms with E-state index >= 15 is 0 Å². The number of ether oxygens (including phenoxy) is 2. The minimum absolute atomic E-state index is 0.180. The molecule has 1 atom stereocenters. The molecule has 1 aromatic rings. The van der Waals surface area contributed by atoms with Crippen LogP contribution in [0.1, 0.15) is 45.0 Å². The highest BCUT2D eigenvalue weighted by atomic mass is 32.1. The number of hydrogen-bond donors (Lipinski definition) is 1. The van der Waals surface area contributed by atoms with Gasteiger partial charge in [0.2, 0.25) is 0 Å². The molecule has 1 fully saturated rings. The predicted octanol–water partition coefficient (Wildman–Crippen LogP) is 4.98. The summed E-state index contributed by atoms with van der Waals surface area (Å²) in [5.74, 6) is -1.50. The van der Waals surface area contributed by atoms with Crippen LogP contribution in [-0.4, -0.2) is 52.9 Å². The molecular weight excluding hydrogens is 472 g/mol. The maximum absolute atomic E-state index is 14.3. The van der Waals surface area contributed by atoms with E-state index in [-0.39, 0.29) is 18.2 Å². The molecule has 1 amide bonds. The predicted molar refractivity (Wildman–Crippen MR) is 120 cm³/mol. The number of amides is 1. The van der Waals surface area contributed by atoms with Crippen molar-refractivity contribution in [2.45, 2.75) is 52.5 Å². The van der Waals surface area contributed by atoms with E-state index in [2.05, 4.69) is 17.5 Å². The Labute approximate surface area is 194 Å². The van der Waals surface area contributed by atoms with Crippen LogP contribution in [0.2, 0.25) is 0 Å². The molecule has 0 saturated carbocycles. The molecule has 1 N–H and O–H groups in total. The van der Waals surface area contributed by atoms with Crippen LogP contribution < -0.4 is 10.2 Å². The minimum Gasteiger partial charge on any atom is -0.456 e. The number of esters is 1. The Morgan fingerprint density at radius 1 is 1.25 bits per heavy atom. The Morgan fingerprint density at radius 2 is 1.81 bits per heavy atom. The zero-order chi connectivity index (χ0) is 24.9. The van der Waals surface area contributed by atoms with Crippen LogP contribution in [0.25, 0.3) is 0 Å². The number of nitrogens with zero attached hydrogens (tertiary/aromatic N) is 1. The highest BCUT2D eigenvalue weighted by Crippen LogP contribution is 2.25. The molecule has 32 heavy (non-hydrogen) atoms. The monoisotopic (exact) mass is 496 g/mol. The zero-order valence-electron chi connectivity index (χ0n) is 18.1. The number of carbonyl (C=O) groups is 2. The number of nitrogens with one attached hydrogen (secondary N) is 1. The molecule has 0 bridgehead atoms. The lowest BCUT2D eigenvalue weighted by molar-refractivity contribution is -0.0567. The summed E-state index contributed by atoms with van der Waals surface area (Å²) in [5.41, 5.74) is -0.585. The van der Waals surface area contributed by atoms with E-state index in [1.807, 2.05) is 0 Å². The van der Waals surface area contributed by atoms with Crippen LogP contribution in [-0.2, 0) is 9.47 Å². The molecule has 1 aromatic carbocycles. The molecule has 6 nitrogen and oxygen atoms in total. The summed E-state index contributed by atoms with van der Waals surface area (Å²) >= 11 is 8.73. The Kier molecular flexibility index (Phi) is 9.51. The van der Waals surface area contributed by atoms with Crippen LogP contribution in [0.3, 0.4) is 0 Å². The lowest BCUT2D eigenvalue weighted by Crippen LogP contribution is -2.32. The highest BCUT2D eigenvalue weighted by Gasteiger charge is 2.33. The van der Waals surface area contributed by atoms with Crippen LogP contribution in [0, 0.1) is 5.82 Å². The normalized spacial score (nSPS) is 16.0. The number of benzene rings is 1. The van der Waals surface area contributed by atoms with Gasteiger partial charge in [0.1, 0.15) is 17.5 Å². The van der Waals surface area contributed by atoms with Crippen LogP contribution in [0.15, 0.2) is 18.2 Å². The molecule has 178 valence electrons. The smallest absolute Gasteiger partial charge is 0.422 e. The van der Waals surface area contributed by atoms with Crippen molar-refractivity contribution in [1.82, 2.24) is 5.32 Å². The second-order valence-corrected chi connectivity index (χ2v) is 9.00. The highest BCUT2D eigenvalue weighted by molar-refractivity contribution is 7.80. The van der Waals surface area contributed by atoms with Crippen LogP contribution >= 0.6 is 24.4 Å². The number of halogens is 4. The van der Waals surface area contributed by atoms with Gasteiger partial charge in [0.05, 0.1) is 34.2 Å². The van der Waals surface area contributed by atoms with Crippen LogP contribution in [0.5, 0.6) is 0 Å². The maximum Gasteiger partial charge on any atom is 0.422 e. The lowest BCUT2D eigenvalue weighted by Gasteiger charge is -2.20. The number of hydrogen-bond acceptors (Lipinski definition) is 6. The SMILES string of the molecule is CC(=S)C(F)(F)F.CC(=S)NC[C@H]1CN(c2ccc(C(=O)OC(C)(C)C)c(F)c2)C(=O)O1. The van der Waals surface area contributed by atoms with E-state index in [4.69, 9.17) is 21.7 Å². The third kappa shape index (κ3) is 9.03. The fourth-order valence-electron chi connectivity index (χ4n) is 2.27. The molecule has 1 aliphatic rings. The number of rotatable bonds is 4. The lowest BCUT2D eigenvalue weighted by atomic mass is 10.1. The Balaban J connectivity index is 0.000000633. The van der Waals surface area contributed by atoms with E-state index in [1.165, 1.54) is 17.0 Å². The summed E-state index contributed by atoms with van der Waals surface area (Å²) in [6.07, 6.45) is -5.23. The number of carbonyl (C=O) groups excluding carboxylic acids is 2. The molecule has 2 rings (SSSR count). The summed E-state index contributed by atoms with van der Waals surface area (Å²) in [7, 11) is 0. The second-order valence-electron chi connectivity index (χ2n) is 7.77. The Morgan fingerprint density at radius 3 is 2.25 bits per heavy atom. The fourth-order valence-corrected chi connectivity index (χ4v) is 2.35. The summed E-state index contributed by atoms with van der Waals surface area (Å²) in [5, 5.41) is 2.93. The Bertz CT molecular complexity index is 885. The van der Waals surface area contributed by atoms with Gasteiger partial charge in [-0.2, -0.15) is 13.2 Å². The van der Waals surface area contributed by atoms with Crippen molar-refractivity contribution in [2.75, 3.05) is 18.0 Å². The molecule has 1 saturated heterocycles. The van der Waals surface area contributed by atoms with Gasteiger partial charge in [-0.05, 0) is 52.8 Å². The van der Waals surface area contributed by atoms with Crippen LogP contribution in [0.4, 0.5) is 28.0 Å². The third-order valence-corrected chi connectivity index (χ3v) is 4.11. The van der Waals surface area contributed by atoms with Crippen molar-refractivity contribution in [2.24, 2.45) is 0 Å². The average Bonchev–Trinajstić information content (AvgIpc) is 2.98. The summed E-state index contributed by atoms with van der Waals surface area (Å²) in [6.45, 7) is 8.34. The van der Waals surface area contributed by atoms with Gasteiger partial charge in [-0.1, -0.05) is 24.4 Å². The van der Waals surface area contributed by atoms with Crippen molar-refractivity contribution < 1.29 is 36.6 Å². The fraction of sp³-hybridized carbons (Fsp3) is 0.500. The molecule has 0 radical (unpaired) electrons. The first-order valence-corrected chi connectivity index (χ1v) is 10.2. The first-order valence-electron chi connectivity index (χ1n) is 9.34. The van der Waals surface area contributed by atoms with Crippen molar-refractivity contribution in [3.63, 3.8) is 0 Å². The first-order chi connectivity index (χ1) is 14.5. The topological polar surface area (TPSA) is 67.9 Å². The van der Waals surface area contributed by atoms with Gasteiger partial charge in [0.15, 0.2) is 0 Å². The van der Waals surface area contributed by atoms with Crippen molar-refractivity contribution in [3.05, 3.63) is 29.6 Å². The zero-order valence-corrected chi connectivity index (χ0v) is 19.8. The summed E-state index contributed by atoms with van der Waals surface area (Å²) in [4.78, 5) is 25.0. The molecule has 0 spiro atoms. The first kappa shape index (κ1) is 27.7. The van der Waals surface area contributed by atoms with Gasteiger partial charge < -0.3 is 14.8 Å². The number of cyclic esters (lactones) is 1. The average molecular weight is 497 g/mol. The molecular formula is C20H24F4N2O4S2. The van der Waals surface area contributed by atoms with E-state index < -0.39 is 34.5 Å². The van der Waals surface area contributed by atoms with Crippen molar-refractivity contribution in [3.8, 4) is 0 Å². The molecule has 12 heteroatoms. The molecule has 1 aliphatic heterocycles. The van der Waals surface area contributed by atoms with Gasteiger partial charge in [0, 0.05) is 0 Å². The molecule has 0 aliphatic carbocycles. The van der Waals surface area contributed by atoms with Gasteiger partial charge in [-0.15, -0.1) is 0 Å². The molecule has 1 heterocycles. The van der Waals surface area contributed by atoms with Gasteiger partial charge in [-0.3, -0.25) is 4.90 Å². The third-order valence-electron chi connectivity index (χ3n) is 3.74. The summed E-state index contributed by atoms with van der Waals surface area (Å²) in [6, 6.07) is 3.92. The minimum atomic E-state index is -4.27. The van der Waals surface area contributed by atoms with E-state index in [0.717, 1.165) is 13.0 Å². The molecule has 0 unspecified atom stereocenters. The maximum atomic E-state index is 14.3. The van der Waals surface area contributed by atoms with Crippen molar-refractivity contribution in [1.29, 1.82) is 0 Å². The summed E-state index contributed by atoms with van der Waals surface area (Å²) < 4.78 is 57.8.